The van der Waals surface area contributed by atoms with Gasteiger partial charge < -0.3 is 19.1 Å². The van der Waals surface area contributed by atoms with Crippen LogP contribution in [0.4, 0.5) is 9.18 Å². The van der Waals surface area contributed by atoms with Gasteiger partial charge in [0.1, 0.15) is 5.82 Å². The number of piperidine rings is 1. The third-order valence-electron chi connectivity index (χ3n) is 5.12. The fourth-order valence-corrected chi connectivity index (χ4v) is 3.70. The fourth-order valence-electron chi connectivity index (χ4n) is 3.70. The maximum absolute atomic E-state index is 13.9. The van der Waals surface area contributed by atoms with Crippen LogP contribution in [-0.4, -0.2) is 65.4 Å². The minimum absolute atomic E-state index is 0.0839. The number of likely N-dealkylation sites (tertiary alicyclic amines) is 1. The Bertz CT molecular complexity index is 791. The van der Waals surface area contributed by atoms with Crippen LogP contribution in [0.2, 0.25) is 0 Å². The van der Waals surface area contributed by atoms with Crippen LogP contribution in [0.15, 0.2) is 28.8 Å². The fraction of sp³-hybridized carbons (Fsp3) is 0.526. The van der Waals surface area contributed by atoms with Gasteiger partial charge in [0.05, 0.1) is 18.8 Å². The molecule has 0 radical (unpaired) electrons. The number of ether oxygens (including phenoxy) is 1. The quantitative estimate of drug-likeness (QED) is 0.826. The lowest BCUT2D eigenvalue weighted by molar-refractivity contribution is 0.0389. The van der Waals surface area contributed by atoms with Gasteiger partial charge in [0.2, 0.25) is 11.7 Å². The highest BCUT2D eigenvalue weighted by Gasteiger charge is 2.29. The summed E-state index contributed by atoms with van der Waals surface area (Å²) in [4.78, 5) is 20.8. The number of carbonyl (C=O) groups is 1. The predicted octanol–water partition coefficient (Wildman–Crippen LogP) is 2.58. The van der Waals surface area contributed by atoms with Crippen LogP contribution in [0.5, 0.6) is 0 Å². The average molecular weight is 374 g/mol. The van der Waals surface area contributed by atoms with Crippen molar-refractivity contribution in [1.82, 2.24) is 19.9 Å². The molecule has 4 rings (SSSR count). The van der Waals surface area contributed by atoms with Gasteiger partial charge in [0.25, 0.3) is 0 Å². The van der Waals surface area contributed by atoms with Gasteiger partial charge in [0.15, 0.2) is 0 Å². The summed E-state index contributed by atoms with van der Waals surface area (Å²) in [6.07, 6.45) is 2.55. The molecule has 2 fully saturated rings. The second kappa shape index (κ2) is 8.04. The van der Waals surface area contributed by atoms with E-state index in [1.54, 1.807) is 18.2 Å². The lowest BCUT2D eigenvalue weighted by Crippen LogP contribution is -2.51. The first-order chi connectivity index (χ1) is 13.2. The monoisotopic (exact) mass is 374 g/mol. The van der Waals surface area contributed by atoms with Gasteiger partial charge >= 0.3 is 6.03 Å². The van der Waals surface area contributed by atoms with Gasteiger partial charge in [-0.3, -0.25) is 0 Å². The molecule has 3 heterocycles. The van der Waals surface area contributed by atoms with Crippen LogP contribution in [0.3, 0.4) is 0 Å². The minimum Gasteiger partial charge on any atom is -0.378 e. The van der Waals surface area contributed by atoms with E-state index in [0.29, 0.717) is 50.7 Å². The summed E-state index contributed by atoms with van der Waals surface area (Å²) >= 11 is 0. The molecule has 1 aromatic heterocycles. The number of halogens is 1. The maximum atomic E-state index is 13.9. The first kappa shape index (κ1) is 17.9. The Morgan fingerprint density at radius 3 is 2.81 bits per heavy atom. The molecular weight excluding hydrogens is 351 g/mol. The standard InChI is InChI=1S/C19H23FN4O3/c20-16-6-2-1-5-15(16)18-21-17(27-22-18)12-14-4-3-7-24(13-14)19(25)23-8-10-26-11-9-23/h1-2,5-6,14H,3-4,7-13H2. The van der Waals surface area contributed by atoms with Crippen LogP contribution in [0.25, 0.3) is 11.4 Å². The number of aromatic nitrogens is 2. The Balaban J connectivity index is 1.38. The molecule has 27 heavy (non-hydrogen) atoms. The van der Waals surface area contributed by atoms with Gasteiger partial charge in [-0.15, -0.1) is 0 Å². The summed E-state index contributed by atoms with van der Waals surface area (Å²) < 4.78 is 24.5. The zero-order valence-corrected chi connectivity index (χ0v) is 15.1. The molecule has 7 nitrogen and oxygen atoms in total. The Labute approximate surface area is 157 Å². The Hall–Kier alpha value is -2.48. The number of nitrogens with zero attached hydrogens (tertiary/aromatic N) is 4. The van der Waals surface area contributed by atoms with E-state index in [9.17, 15) is 9.18 Å². The van der Waals surface area contributed by atoms with Crippen LogP contribution in [0, 0.1) is 11.7 Å². The molecule has 1 aromatic carbocycles. The lowest BCUT2D eigenvalue weighted by atomic mass is 9.95. The van der Waals surface area contributed by atoms with Crippen LogP contribution in [-0.2, 0) is 11.2 Å². The molecule has 2 aliphatic rings. The van der Waals surface area contributed by atoms with Crippen LogP contribution >= 0.6 is 0 Å². The molecule has 1 unspecified atom stereocenters. The summed E-state index contributed by atoms with van der Waals surface area (Å²) in [5, 5.41) is 3.91. The van der Waals surface area contributed by atoms with Crippen LogP contribution in [0.1, 0.15) is 18.7 Å². The highest BCUT2D eigenvalue weighted by Crippen LogP contribution is 2.24. The Kier molecular flexibility index (Phi) is 5.33. The molecule has 0 bridgehead atoms. The molecule has 8 heteroatoms. The summed E-state index contributed by atoms with van der Waals surface area (Å²) in [5.74, 6) is 0.640. The average Bonchev–Trinajstić information content (AvgIpc) is 3.17. The predicted molar refractivity (Wildman–Crippen MR) is 95.5 cm³/mol. The summed E-state index contributed by atoms with van der Waals surface area (Å²) in [6, 6.07) is 6.46. The molecule has 144 valence electrons. The van der Waals surface area contributed by atoms with Crippen molar-refractivity contribution in [2.45, 2.75) is 19.3 Å². The molecule has 2 saturated heterocycles. The van der Waals surface area contributed by atoms with E-state index in [1.807, 2.05) is 9.80 Å². The van der Waals surface area contributed by atoms with Crippen molar-refractivity contribution in [1.29, 1.82) is 0 Å². The molecule has 0 spiro atoms. The van der Waals surface area contributed by atoms with Gasteiger partial charge in [-0.25, -0.2) is 9.18 Å². The van der Waals surface area contributed by atoms with Crippen molar-refractivity contribution in [3.63, 3.8) is 0 Å². The number of morpholine rings is 1. The van der Waals surface area contributed by atoms with Gasteiger partial charge in [-0.1, -0.05) is 17.3 Å². The van der Waals surface area contributed by atoms with Crippen LogP contribution < -0.4 is 0 Å². The number of amides is 2. The minimum atomic E-state index is -0.371. The number of rotatable bonds is 3. The molecular formula is C19H23FN4O3. The SMILES string of the molecule is O=C(N1CCOCC1)N1CCCC(Cc2nc(-c3ccccc3F)no2)C1. The number of hydrogen-bond donors (Lipinski definition) is 0. The zero-order chi connectivity index (χ0) is 18.6. The smallest absolute Gasteiger partial charge is 0.320 e. The first-order valence-corrected chi connectivity index (χ1v) is 9.40. The summed E-state index contributed by atoms with van der Waals surface area (Å²) in [6.45, 7) is 3.95. The highest BCUT2D eigenvalue weighted by atomic mass is 19.1. The third-order valence-corrected chi connectivity index (χ3v) is 5.12. The van der Waals surface area contributed by atoms with Crippen molar-refractivity contribution in [3.05, 3.63) is 36.0 Å². The topological polar surface area (TPSA) is 71.7 Å². The Morgan fingerprint density at radius 1 is 1.19 bits per heavy atom. The van der Waals surface area contributed by atoms with Crippen molar-refractivity contribution in [3.8, 4) is 11.4 Å². The summed E-state index contributed by atoms with van der Waals surface area (Å²) in [5.41, 5.74) is 0.334. The van der Waals surface area contributed by atoms with Gasteiger partial charge in [-0.05, 0) is 30.9 Å². The van der Waals surface area contributed by atoms with E-state index >= 15 is 0 Å². The number of hydrogen-bond acceptors (Lipinski definition) is 5. The molecule has 2 aliphatic heterocycles. The molecule has 0 aliphatic carbocycles. The third kappa shape index (κ3) is 4.10. The number of benzene rings is 1. The maximum Gasteiger partial charge on any atom is 0.320 e. The van der Waals surface area contributed by atoms with E-state index in [4.69, 9.17) is 9.26 Å². The van der Waals surface area contributed by atoms with Crippen molar-refractivity contribution in [2.24, 2.45) is 5.92 Å². The molecule has 1 atom stereocenters. The largest absolute Gasteiger partial charge is 0.378 e. The van der Waals surface area contributed by atoms with E-state index in [0.717, 1.165) is 19.4 Å². The zero-order valence-electron chi connectivity index (χ0n) is 15.1. The second-order valence-electron chi connectivity index (χ2n) is 7.03. The number of urea groups is 1. The first-order valence-electron chi connectivity index (χ1n) is 9.40. The van der Waals surface area contributed by atoms with E-state index in [2.05, 4.69) is 10.1 Å². The van der Waals surface area contributed by atoms with E-state index in [1.165, 1.54) is 6.07 Å². The molecule has 2 amide bonds. The van der Waals surface area contributed by atoms with Gasteiger partial charge in [-0.2, -0.15) is 4.98 Å². The highest BCUT2D eigenvalue weighted by molar-refractivity contribution is 5.74. The van der Waals surface area contributed by atoms with Crippen molar-refractivity contribution < 1.29 is 18.4 Å². The number of carbonyl (C=O) groups excluding carboxylic acids is 1. The second-order valence-corrected chi connectivity index (χ2v) is 7.03. The van der Waals surface area contributed by atoms with Crippen molar-refractivity contribution in [2.75, 3.05) is 39.4 Å². The van der Waals surface area contributed by atoms with E-state index < -0.39 is 0 Å². The molecule has 0 N–H and O–H groups in total. The lowest BCUT2D eigenvalue weighted by Gasteiger charge is -2.37. The summed E-state index contributed by atoms with van der Waals surface area (Å²) in [7, 11) is 0. The van der Waals surface area contributed by atoms with Gasteiger partial charge in [0, 0.05) is 32.6 Å². The normalized spacial score (nSPS) is 20.7. The molecule has 0 saturated carbocycles. The Morgan fingerprint density at radius 2 is 2.00 bits per heavy atom. The van der Waals surface area contributed by atoms with E-state index in [-0.39, 0.29) is 23.6 Å². The van der Waals surface area contributed by atoms with Crippen molar-refractivity contribution >= 4 is 6.03 Å². The molecule has 2 aromatic rings.